The van der Waals surface area contributed by atoms with Gasteiger partial charge in [0.15, 0.2) is 0 Å². The highest BCUT2D eigenvalue weighted by molar-refractivity contribution is 5.80. The molecule has 0 aliphatic heterocycles. The Morgan fingerprint density at radius 3 is 2.52 bits per heavy atom. The summed E-state index contributed by atoms with van der Waals surface area (Å²) in [4.78, 5) is 12.2. The quantitative estimate of drug-likeness (QED) is 0.833. The molecule has 3 heteroatoms. The maximum absolute atomic E-state index is 12.2. The normalized spacial score (nSPS) is 31.2. The van der Waals surface area contributed by atoms with E-state index >= 15 is 0 Å². The highest BCUT2D eigenvalue weighted by Gasteiger charge is 2.37. The average molecular weight is 295 g/mol. The smallest absolute Gasteiger partial charge is 0.223 e. The summed E-state index contributed by atoms with van der Waals surface area (Å²) in [6.45, 7) is 11.3. The molecule has 21 heavy (non-hydrogen) atoms. The van der Waals surface area contributed by atoms with Crippen LogP contribution in [0.4, 0.5) is 0 Å². The minimum atomic E-state index is -0.178. The van der Waals surface area contributed by atoms with Crippen LogP contribution in [0.15, 0.2) is 11.8 Å². The van der Waals surface area contributed by atoms with Crippen LogP contribution in [0, 0.1) is 11.8 Å². The molecule has 1 N–H and O–H groups in total. The van der Waals surface area contributed by atoms with E-state index in [1.165, 1.54) is 19.3 Å². The molecule has 1 amide bonds. The maximum atomic E-state index is 12.2. The van der Waals surface area contributed by atoms with Crippen LogP contribution in [0.2, 0.25) is 0 Å². The van der Waals surface area contributed by atoms with Gasteiger partial charge in [-0.25, -0.2) is 0 Å². The molecule has 0 aromatic heterocycles. The fraction of sp³-hybridized carbons (Fsp3) is 0.833. The monoisotopic (exact) mass is 295 g/mol. The van der Waals surface area contributed by atoms with Crippen molar-refractivity contribution in [3.63, 3.8) is 0 Å². The van der Waals surface area contributed by atoms with Crippen molar-refractivity contribution in [3.05, 3.63) is 11.8 Å². The van der Waals surface area contributed by atoms with Crippen LogP contribution in [0.5, 0.6) is 0 Å². The van der Waals surface area contributed by atoms with Crippen molar-refractivity contribution in [2.75, 3.05) is 6.61 Å². The van der Waals surface area contributed by atoms with Gasteiger partial charge in [-0.1, -0.05) is 40.0 Å². The average Bonchev–Trinajstić information content (AvgIpc) is 2.38. The Kier molecular flexibility index (Phi) is 7.27. The molecule has 3 atom stereocenters. The predicted molar refractivity (Wildman–Crippen MR) is 88.0 cm³/mol. The van der Waals surface area contributed by atoms with E-state index in [4.69, 9.17) is 4.74 Å². The van der Waals surface area contributed by atoms with Crippen LogP contribution in [-0.4, -0.2) is 18.1 Å². The number of hydrogen-bond donors (Lipinski definition) is 1. The first kappa shape index (κ1) is 18.1. The Bertz CT molecular complexity index is 364. The summed E-state index contributed by atoms with van der Waals surface area (Å²) < 4.78 is 5.43. The molecule has 122 valence electrons. The zero-order valence-corrected chi connectivity index (χ0v) is 14.5. The third-order valence-corrected chi connectivity index (χ3v) is 4.07. The van der Waals surface area contributed by atoms with E-state index in [9.17, 15) is 4.79 Å². The van der Waals surface area contributed by atoms with E-state index in [2.05, 4.69) is 33.0 Å². The van der Waals surface area contributed by atoms with Crippen LogP contribution in [-0.2, 0) is 9.53 Å². The van der Waals surface area contributed by atoms with Crippen molar-refractivity contribution in [1.29, 1.82) is 0 Å². The van der Waals surface area contributed by atoms with E-state index in [0.29, 0.717) is 12.5 Å². The second kappa shape index (κ2) is 8.45. The van der Waals surface area contributed by atoms with Gasteiger partial charge in [0.2, 0.25) is 5.91 Å². The third-order valence-electron chi connectivity index (χ3n) is 4.07. The van der Waals surface area contributed by atoms with Crippen LogP contribution in [0.3, 0.4) is 0 Å². The van der Waals surface area contributed by atoms with Gasteiger partial charge < -0.3 is 10.1 Å². The van der Waals surface area contributed by atoms with Crippen molar-refractivity contribution in [1.82, 2.24) is 5.32 Å². The Morgan fingerprint density at radius 1 is 1.38 bits per heavy atom. The number of rotatable bonds is 4. The fourth-order valence-electron chi connectivity index (χ4n) is 3.10. The summed E-state index contributed by atoms with van der Waals surface area (Å²) in [5, 5.41) is 3.18. The lowest BCUT2D eigenvalue weighted by molar-refractivity contribution is -0.128. The molecule has 3 nitrogen and oxygen atoms in total. The van der Waals surface area contributed by atoms with Crippen molar-refractivity contribution < 1.29 is 9.53 Å². The Balaban J connectivity index is 0.000000677. The lowest BCUT2D eigenvalue weighted by atomic mass is 9.80. The molecule has 1 saturated carbocycles. The topological polar surface area (TPSA) is 38.3 Å². The number of amides is 1. The summed E-state index contributed by atoms with van der Waals surface area (Å²) >= 11 is 0. The molecule has 0 saturated heterocycles. The van der Waals surface area contributed by atoms with Gasteiger partial charge in [-0.2, -0.15) is 0 Å². The maximum Gasteiger partial charge on any atom is 0.223 e. The Labute approximate surface area is 130 Å². The highest BCUT2D eigenvalue weighted by Crippen LogP contribution is 2.33. The minimum absolute atomic E-state index is 0.178. The lowest BCUT2D eigenvalue weighted by Crippen LogP contribution is -2.51. The second-order valence-corrected chi connectivity index (χ2v) is 6.80. The van der Waals surface area contributed by atoms with Crippen LogP contribution in [0.1, 0.15) is 73.1 Å². The van der Waals surface area contributed by atoms with Gasteiger partial charge >= 0.3 is 0 Å². The third kappa shape index (κ3) is 5.72. The summed E-state index contributed by atoms with van der Waals surface area (Å²) in [7, 11) is 0. The summed E-state index contributed by atoms with van der Waals surface area (Å²) in [5.41, 5.74) is -0.178. The van der Waals surface area contributed by atoms with Gasteiger partial charge in [-0.05, 0) is 38.7 Å². The minimum Gasteiger partial charge on any atom is -0.498 e. The molecule has 0 radical (unpaired) electrons. The molecule has 0 bridgehead atoms. The molecule has 0 heterocycles. The van der Waals surface area contributed by atoms with Crippen molar-refractivity contribution in [2.45, 2.75) is 78.7 Å². The molecule has 2 rings (SSSR count). The molecular weight excluding hydrogens is 262 g/mol. The lowest BCUT2D eigenvalue weighted by Gasteiger charge is -2.38. The van der Waals surface area contributed by atoms with Gasteiger partial charge in [0.25, 0.3) is 0 Å². The van der Waals surface area contributed by atoms with E-state index < -0.39 is 0 Å². The summed E-state index contributed by atoms with van der Waals surface area (Å²) in [5.74, 6) is 2.15. The Hall–Kier alpha value is -0.990. The SMILES string of the molecule is CCC.CCOC1=CC(C)(NC(=O)C2CCCC(C)C2)C1. The van der Waals surface area contributed by atoms with Gasteiger partial charge in [-0.3, -0.25) is 4.79 Å². The number of hydrogen-bond acceptors (Lipinski definition) is 2. The van der Waals surface area contributed by atoms with Crippen molar-refractivity contribution >= 4 is 5.91 Å². The zero-order chi connectivity index (χ0) is 15.9. The zero-order valence-electron chi connectivity index (χ0n) is 14.5. The molecule has 0 aromatic rings. The van der Waals surface area contributed by atoms with Crippen molar-refractivity contribution in [2.24, 2.45) is 11.8 Å². The number of carbonyl (C=O) groups is 1. The molecule has 2 aliphatic carbocycles. The van der Waals surface area contributed by atoms with Crippen molar-refractivity contribution in [3.8, 4) is 0 Å². The Morgan fingerprint density at radius 2 is 2.00 bits per heavy atom. The van der Waals surface area contributed by atoms with E-state index in [-0.39, 0.29) is 17.4 Å². The fourth-order valence-corrected chi connectivity index (χ4v) is 3.10. The predicted octanol–water partition coefficient (Wildman–Crippen LogP) is 4.43. The number of nitrogens with one attached hydrogen (secondary N) is 1. The largest absolute Gasteiger partial charge is 0.498 e. The molecular formula is C18H33NO2. The molecule has 1 fully saturated rings. The van der Waals surface area contributed by atoms with Gasteiger partial charge in [0.1, 0.15) is 0 Å². The van der Waals surface area contributed by atoms with Crippen LogP contribution < -0.4 is 5.32 Å². The molecule has 0 aromatic carbocycles. The summed E-state index contributed by atoms with van der Waals surface area (Å²) in [6.07, 6.45) is 8.68. The first-order valence-corrected chi connectivity index (χ1v) is 8.60. The van der Waals surface area contributed by atoms with Gasteiger partial charge in [0.05, 0.1) is 17.9 Å². The van der Waals surface area contributed by atoms with E-state index in [0.717, 1.165) is 25.0 Å². The molecule has 2 aliphatic rings. The molecule has 0 spiro atoms. The second-order valence-electron chi connectivity index (χ2n) is 6.80. The van der Waals surface area contributed by atoms with E-state index in [1.807, 2.05) is 13.0 Å². The number of carbonyl (C=O) groups excluding carboxylic acids is 1. The first-order valence-electron chi connectivity index (χ1n) is 8.60. The van der Waals surface area contributed by atoms with Gasteiger partial charge in [-0.15, -0.1) is 0 Å². The molecule has 3 unspecified atom stereocenters. The van der Waals surface area contributed by atoms with Crippen LogP contribution in [0.25, 0.3) is 0 Å². The first-order chi connectivity index (χ1) is 9.94. The van der Waals surface area contributed by atoms with Gasteiger partial charge in [0, 0.05) is 12.3 Å². The standard InChI is InChI=1S/C15H25NO2.C3H8/c1-4-18-13-9-15(3,10-13)16-14(17)12-7-5-6-11(2)8-12;1-3-2/h9,11-12H,4-8,10H2,1-3H3,(H,16,17);3H2,1-2H3. The summed E-state index contributed by atoms with van der Waals surface area (Å²) in [6, 6.07) is 0. The van der Waals surface area contributed by atoms with E-state index in [1.54, 1.807) is 0 Å². The number of ether oxygens (including phenoxy) is 1. The highest BCUT2D eigenvalue weighted by atomic mass is 16.5. The van der Waals surface area contributed by atoms with Crippen LogP contribution >= 0.6 is 0 Å².